The number of rotatable bonds is 6. The van der Waals surface area contributed by atoms with Crippen LogP contribution in [0.15, 0.2) is 53.3 Å². The van der Waals surface area contributed by atoms with Crippen molar-refractivity contribution in [3.8, 4) is 0 Å². The predicted molar refractivity (Wildman–Crippen MR) is 119 cm³/mol. The van der Waals surface area contributed by atoms with E-state index >= 15 is 0 Å². The maximum absolute atomic E-state index is 12.6. The number of hydrogen-bond acceptors (Lipinski definition) is 4. The molecule has 0 atom stereocenters. The lowest BCUT2D eigenvalue weighted by Crippen LogP contribution is -2.48. The molecule has 0 unspecified atom stereocenters. The minimum Gasteiger partial charge on any atom is -0.340 e. The maximum Gasteiger partial charge on any atom is 0.258 e. The summed E-state index contributed by atoms with van der Waals surface area (Å²) >= 11 is 5.94. The van der Waals surface area contributed by atoms with Gasteiger partial charge in [-0.15, -0.1) is 0 Å². The number of piperazine rings is 1. The van der Waals surface area contributed by atoms with Gasteiger partial charge in [0.25, 0.3) is 5.56 Å². The quantitative estimate of drug-likeness (QED) is 0.659. The molecule has 1 aliphatic rings. The Balaban J connectivity index is 1.23. The highest BCUT2D eigenvalue weighted by Gasteiger charge is 2.20. The van der Waals surface area contributed by atoms with E-state index in [-0.39, 0.29) is 11.5 Å². The number of nitrogens with one attached hydrogen (secondary N) is 1. The van der Waals surface area contributed by atoms with Crippen LogP contribution in [0, 0.1) is 0 Å². The molecule has 7 heteroatoms. The third-order valence-corrected chi connectivity index (χ3v) is 5.76. The Bertz CT molecular complexity index is 1070. The summed E-state index contributed by atoms with van der Waals surface area (Å²) in [5.74, 6) is 0.809. The molecule has 2 aromatic carbocycles. The number of amides is 1. The zero-order valence-corrected chi connectivity index (χ0v) is 17.6. The predicted octanol–water partition coefficient (Wildman–Crippen LogP) is 3.24. The van der Waals surface area contributed by atoms with Crippen LogP contribution in [0.4, 0.5) is 0 Å². The van der Waals surface area contributed by atoms with Gasteiger partial charge < -0.3 is 9.88 Å². The summed E-state index contributed by atoms with van der Waals surface area (Å²) in [6.45, 7) is 4.11. The average Bonchev–Trinajstić information content (AvgIpc) is 2.76. The Hall–Kier alpha value is -2.70. The summed E-state index contributed by atoms with van der Waals surface area (Å²) in [5, 5.41) is 1.34. The van der Waals surface area contributed by atoms with Crippen molar-refractivity contribution in [3.05, 3.63) is 75.3 Å². The first-order valence-corrected chi connectivity index (χ1v) is 10.7. The normalized spacial score (nSPS) is 14.9. The molecule has 1 saturated heterocycles. The molecule has 4 rings (SSSR count). The zero-order chi connectivity index (χ0) is 20.9. The van der Waals surface area contributed by atoms with E-state index in [0.717, 1.165) is 37.7 Å². The molecule has 2 heterocycles. The number of aryl methyl sites for hydroxylation is 1. The number of carbonyl (C=O) groups excluding carboxylic acids is 1. The molecule has 6 nitrogen and oxygen atoms in total. The molecular weight excluding hydrogens is 400 g/mol. The third kappa shape index (κ3) is 5.07. The molecule has 0 aliphatic carbocycles. The Morgan fingerprint density at radius 2 is 1.77 bits per heavy atom. The SMILES string of the molecule is O=C(CCCc1nc2ccccc2c(=O)[nH]1)N1CCN(Cc2ccc(Cl)cc2)CC1. The summed E-state index contributed by atoms with van der Waals surface area (Å²) in [7, 11) is 0. The van der Waals surface area contributed by atoms with Gasteiger partial charge in [0.05, 0.1) is 10.9 Å². The molecule has 30 heavy (non-hydrogen) atoms. The summed E-state index contributed by atoms with van der Waals surface area (Å²) in [4.78, 5) is 36.3. The highest BCUT2D eigenvalue weighted by atomic mass is 35.5. The van der Waals surface area contributed by atoms with Crippen molar-refractivity contribution >= 4 is 28.4 Å². The monoisotopic (exact) mass is 424 g/mol. The van der Waals surface area contributed by atoms with Gasteiger partial charge in [-0.3, -0.25) is 14.5 Å². The van der Waals surface area contributed by atoms with Crippen molar-refractivity contribution in [2.24, 2.45) is 0 Å². The minimum atomic E-state index is -0.126. The minimum absolute atomic E-state index is 0.126. The lowest BCUT2D eigenvalue weighted by Gasteiger charge is -2.34. The van der Waals surface area contributed by atoms with E-state index in [1.807, 2.05) is 47.4 Å². The second-order valence-electron chi connectivity index (χ2n) is 7.67. The number of fused-ring (bicyclic) bond motifs is 1. The number of nitrogens with zero attached hydrogens (tertiary/aromatic N) is 3. The fourth-order valence-corrected chi connectivity index (χ4v) is 3.95. The molecule has 0 saturated carbocycles. The van der Waals surface area contributed by atoms with Gasteiger partial charge in [-0.2, -0.15) is 0 Å². The van der Waals surface area contributed by atoms with Crippen LogP contribution in [0.25, 0.3) is 10.9 Å². The molecule has 1 amide bonds. The van der Waals surface area contributed by atoms with Gasteiger partial charge in [0.2, 0.25) is 5.91 Å². The molecular formula is C23H25ClN4O2. The van der Waals surface area contributed by atoms with Gasteiger partial charge in [0, 0.05) is 50.6 Å². The number of halogens is 1. The van der Waals surface area contributed by atoms with Crippen LogP contribution in [0.2, 0.25) is 5.02 Å². The number of carbonyl (C=O) groups is 1. The topological polar surface area (TPSA) is 69.3 Å². The number of benzene rings is 2. The molecule has 0 bridgehead atoms. The van der Waals surface area contributed by atoms with Crippen molar-refractivity contribution in [3.63, 3.8) is 0 Å². The smallest absolute Gasteiger partial charge is 0.258 e. The second kappa shape index (κ2) is 9.41. The van der Waals surface area contributed by atoms with Crippen molar-refractivity contribution in [1.29, 1.82) is 0 Å². The van der Waals surface area contributed by atoms with Gasteiger partial charge in [-0.1, -0.05) is 35.9 Å². The first kappa shape index (κ1) is 20.6. The van der Waals surface area contributed by atoms with E-state index in [1.165, 1.54) is 5.56 Å². The number of hydrogen-bond donors (Lipinski definition) is 1. The van der Waals surface area contributed by atoms with Crippen molar-refractivity contribution in [2.75, 3.05) is 26.2 Å². The third-order valence-electron chi connectivity index (χ3n) is 5.51. The summed E-state index contributed by atoms with van der Waals surface area (Å²) in [5.41, 5.74) is 1.80. The largest absolute Gasteiger partial charge is 0.340 e. The van der Waals surface area contributed by atoms with Gasteiger partial charge in [0.1, 0.15) is 5.82 Å². The number of aromatic amines is 1. The van der Waals surface area contributed by atoms with Crippen molar-refractivity contribution in [2.45, 2.75) is 25.8 Å². The fourth-order valence-electron chi connectivity index (χ4n) is 3.82. The van der Waals surface area contributed by atoms with Crippen LogP contribution in [0.3, 0.4) is 0 Å². The Labute approximate surface area is 180 Å². The molecule has 1 fully saturated rings. The van der Waals surface area contributed by atoms with Crippen LogP contribution in [0.1, 0.15) is 24.2 Å². The Kier molecular flexibility index (Phi) is 6.45. The molecule has 0 radical (unpaired) electrons. The van der Waals surface area contributed by atoms with E-state index in [9.17, 15) is 9.59 Å². The zero-order valence-electron chi connectivity index (χ0n) is 16.8. The van der Waals surface area contributed by atoms with Crippen molar-refractivity contribution in [1.82, 2.24) is 19.8 Å². The molecule has 0 spiro atoms. The van der Waals surface area contributed by atoms with E-state index in [4.69, 9.17) is 11.6 Å². The number of H-pyrrole nitrogens is 1. The summed E-state index contributed by atoms with van der Waals surface area (Å²) < 4.78 is 0. The van der Waals surface area contributed by atoms with Crippen LogP contribution in [0.5, 0.6) is 0 Å². The standard InChI is InChI=1S/C23H25ClN4O2/c24-18-10-8-17(9-11-18)16-27-12-14-28(15-13-27)22(29)7-3-6-21-25-20-5-2-1-4-19(20)23(30)26-21/h1-2,4-5,8-11H,3,6-7,12-16H2,(H,25,26,30). The van der Waals surface area contributed by atoms with Gasteiger partial charge in [-0.25, -0.2) is 4.98 Å². The maximum atomic E-state index is 12.6. The van der Waals surface area contributed by atoms with Crippen molar-refractivity contribution < 1.29 is 4.79 Å². The molecule has 156 valence electrons. The average molecular weight is 425 g/mol. The summed E-state index contributed by atoms with van der Waals surface area (Å²) in [6.07, 6.45) is 1.72. The highest BCUT2D eigenvalue weighted by molar-refractivity contribution is 6.30. The highest BCUT2D eigenvalue weighted by Crippen LogP contribution is 2.14. The van der Waals surface area contributed by atoms with Gasteiger partial charge >= 0.3 is 0 Å². The molecule has 1 N–H and O–H groups in total. The Morgan fingerprint density at radius 3 is 2.53 bits per heavy atom. The van der Waals surface area contributed by atoms with Crippen LogP contribution < -0.4 is 5.56 Å². The van der Waals surface area contributed by atoms with Crippen LogP contribution in [-0.2, 0) is 17.8 Å². The molecule has 1 aliphatic heterocycles. The Morgan fingerprint density at radius 1 is 1.03 bits per heavy atom. The summed E-state index contributed by atoms with van der Waals surface area (Å²) in [6, 6.07) is 15.2. The fraction of sp³-hybridized carbons (Fsp3) is 0.348. The first-order chi connectivity index (χ1) is 14.6. The van der Waals surface area contributed by atoms with Gasteiger partial charge in [-0.05, 0) is 36.2 Å². The number of para-hydroxylation sites is 1. The van der Waals surface area contributed by atoms with Crippen LogP contribution >= 0.6 is 11.6 Å². The van der Waals surface area contributed by atoms with Crippen LogP contribution in [-0.4, -0.2) is 51.9 Å². The molecule has 1 aromatic heterocycles. The van der Waals surface area contributed by atoms with Gasteiger partial charge in [0.15, 0.2) is 0 Å². The van der Waals surface area contributed by atoms with E-state index in [2.05, 4.69) is 14.9 Å². The van der Waals surface area contributed by atoms with E-state index in [0.29, 0.717) is 36.0 Å². The second-order valence-corrected chi connectivity index (χ2v) is 8.10. The molecule has 3 aromatic rings. The van der Waals surface area contributed by atoms with E-state index < -0.39 is 0 Å². The first-order valence-electron chi connectivity index (χ1n) is 10.3. The van der Waals surface area contributed by atoms with E-state index in [1.54, 1.807) is 6.07 Å². The lowest BCUT2D eigenvalue weighted by molar-refractivity contribution is -0.133. The lowest BCUT2D eigenvalue weighted by atomic mass is 10.1. The number of aromatic nitrogens is 2.